The topological polar surface area (TPSA) is 50.9 Å². The molecule has 0 aromatic carbocycles. The first-order valence-electron chi connectivity index (χ1n) is 5.49. The van der Waals surface area contributed by atoms with Crippen molar-refractivity contribution >= 4 is 0 Å². The SMILES string of the molecule is OCC1CCc2cc(-c3ccccn3)nn21. The van der Waals surface area contributed by atoms with Crippen LogP contribution in [-0.4, -0.2) is 26.5 Å². The Balaban J connectivity index is 2.00. The zero-order valence-corrected chi connectivity index (χ0v) is 8.87. The van der Waals surface area contributed by atoms with Gasteiger partial charge < -0.3 is 5.11 Å². The number of aliphatic hydroxyl groups is 1. The van der Waals surface area contributed by atoms with Crippen molar-refractivity contribution < 1.29 is 5.11 Å². The summed E-state index contributed by atoms with van der Waals surface area (Å²) in [4.78, 5) is 4.27. The summed E-state index contributed by atoms with van der Waals surface area (Å²) in [6, 6.07) is 8.01. The lowest BCUT2D eigenvalue weighted by molar-refractivity contribution is 0.224. The van der Waals surface area contributed by atoms with Crippen LogP contribution < -0.4 is 0 Å². The van der Waals surface area contributed by atoms with E-state index in [0.29, 0.717) is 0 Å². The highest BCUT2D eigenvalue weighted by molar-refractivity contribution is 5.54. The first kappa shape index (κ1) is 9.54. The number of hydrogen-bond acceptors (Lipinski definition) is 3. The molecule has 0 spiro atoms. The molecule has 4 heteroatoms. The van der Waals surface area contributed by atoms with Gasteiger partial charge in [-0.15, -0.1) is 0 Å². The van der Waals surface area contributed by atoms with Crippen LogP contribution in [0.1, 0.15) is 18.2 Å². The lowest BCUT2D eigenvalue weighted by Crippen LogP contribution is -2.09. The molecule has 82 valence electrons. The van der Waals surface area contributed by atoms with Crippen LogP contribution in [0.25, 0.3) is 11.4 Å². The summed E-state index contributed by atoms with van der Waals surface area (Å²) in [5, 5.41) is 13.7. The van der Waals surface area contributed by atoms with Crippen LogP contribution in [0.5, 0.6) is 0 Å². The third-order valence-corrected chi connectivity index (χ3v) is 3.03. The fraction of sp³-hybridized carbons (Fsp3) is 0.333. The van der Waals surface area contributed by atoms with E-state index in [9.17, 15) is 5.11 Å². The molecule has 3 heterocycles. The van der Waals surface area contributed by atoms with E-state index in [-0.39, 0.29) is 12.6 Å². The molecule has 2 aromatic heterocycles. The average Bonchev–Trinajstić information content (AvgIpc) is 2.89. The quantitative estimate of drug-likeness (QED) is 0.824. The second kappa shape index (κ2) is 3.72. The summed E-state index contributed by atoms with van der Waals surface area (Å²) >= 11 is 0. The number of pyridine rings is 1. The zero-order valence-electron chi connectivity index (χ0n) is 8.87. The summed E-state index contributed by atoms with van der Waals surface area (Å²) in [6.07, 6.45) is 3.75. The van der Waals surface area contributed by atoms with Crippen molar-refractivity contribution in [1.29, 1.82) is 0 Å². The number of fused-ring (bicyclic) bond motifs is 1. The van der Waals surface area contributed by atoms with E-state index in [1.54, 1.807) is 6.20 Å². The fourth-order valence-corrected chi connectivity index (χ4v) is 2.18. The molecule has 0 radical (unpaired) electrons. The van der Waals surface area contributed by atoms with Gasteiger partial charge in [0.15, 0.2) is 0 Å². The maximum atomic E-state index is 9.22. The van der Waals surface area contributed by atoms with Crippen molar-refractivity contribution in [2.24, 2.45) is 0 Å². The monoisotopic (exact) mass is 215 g/mol. The molecule has 1 unspecified atom stereocenters. The zero-order chi connectivity index (χ0) is 11.0. The van der Waals surface area contributed by atoms with Gasteiger partial charge >= 0.3 is 0 Å². The first-order valence-corrected chi connectivity index (χ1v) is 5.49. The minimum absolute atomic E-state index is 0.146. The highest BCUT2D eigenvalue weighted by Crippen LogP contribution is 2.28. The Morgan fingerprint density at radius 3 is 3.06 bits per heavy atom. The van der Waals surface area contributed by atoms with Crippen LogP contribution in [0.2, 0.25) is 0 Å². The summed E-state index contributed by atoms with van der Waals surface area (Å²) in [6.45, 7) is 0.163. The second-order valence-corrected chi connectivity index (χ2v) is 4.06. The van der Waals surface area contributed by atoms with Crippen LogP contribution >= 0.6 is 0 Å². The predicted molar refractivity (Wildman–Crippen MR) is 59.9 cm³/mol. The summed E-state index contributed by atoms with van der Waals surface area (Å²) in [7, 11) is 0. The largest absolute Gasteiger partial charge is 0.394 e. The molecule has 0 aliphatic carbocycles. The molecule has 0 fully saturated rings. The van der Waals surface area contributed by atoms with Gasteiger partial charge in [-0.25, -0.2) is 0 Å². The van der Waals surface area contributed by atoms with Gasteiger partial charge in [-0.3, -0.25) is 9.67 Å². The minimum Gasteiger partial charge on any atom is -0.394 e. The van der Waals surface area contributed by atoms with E-state index in [0.717, 1.165) is 24.2 Å². The van der Waals surface area contributed by atoms with Gasteiger partial charge in [0.1, 0.15) is 5.69 Å². The smallest absolute Gasteiger partial charge is 0.111 e. The lowest BCUT2D eigenvalue weighted by Gasteiger charge is -2.06. The molecule has 1 aliphatic rings. The van der Waals surface area contributed by atoms with Crippen molar-refractivity contribution in [2.75, 3.05) is 6.61 Å². The highest BCUT2D eigenvalue weighted by atomic mass is 16.3. The Labute approximate surface area is 93.6 Å². The van der Waals surface area contributed by atoms with Gasteiger partial charge in [-0.2, -0.15) is 5.10 Å². The van der Waals surface area contributed by atoms with Crippen LogP contribution in [0.3, 0.4) is 0 Å². The molecule has 0 bridgehead atoms. The molecule has 0 saturated carbocycles. The standard InChI is InChI=1S/C12H13N3O/c16-8-10-5-4-9-7-12(14-15(9)10)11-3-1-2-6-13-11/h1-3,6-7,10,16H,4-5,8H2. The van der Waals surface area contributed by atoms with E-state index in [4.69, 9.17) is 0 Å². The van der Waals surface area contributed by atoms with E-state index in [1.165, 1.54) is 5.69 Å². The third-order valence-electron chi connectivity index (χ3n) is 3.03. The molecule has 4 nitrogen and oxygen atoms in total. The molecule has 2 aromatic rings. The van der Waals surface area contributed by atoms with Crippen molar-refractivity contribution in [1.82, 2.24) is 14.8 Å². The van der Waals surface area contributed by atoms with Crippen molar-refractivity contribution in [2.45, 2.75) is 18.9 Å². The molecule has 0 saturated heterocycles. The molecule has 1 atom stereocenters. The Kier molecular flexibility index (Phi) is 2.22. The van der Waals surface area contributed by atoms with Crippen molar-refractivity contribution in [3.63, 3.8) is 0 Å². The molecule has 16 heavy (non-hydrogen) atoms. The average molecular weight is 215 g/mol. The number of aryl methyl sites for hydroxylation is 1. The fourth-order valence-electron chi connectivity index (χ4n) is 2.18. The molecular weight excluding hydrogens is 202 g/mol. The number of aromatic nitrogens is 3. The number of nitrogens with zero attached hydrogens (tertiary/aromatic N) is 3. The maximum Gasteiger partial charge on any atom is 0.111 e. The molecule has 1 N–H and O–H groups in total. The van der Waals surface area contributed by atoms with Crippen molar-refractivity contribution in [3.05, 3.63) is 36.2 Å². The second-order valence-electron chi connectivity index (χ2n) is 4.06. The van der Waals surface area contributed by atoms with E-state index >= 15 is 0 Å². The summed E-state index contributed by atoms with van der Waals surface area (Å²) < 4.78 is 1.93. The van der Waals surface area contributed by atoms with Gasteiger partial charge in [-0.05, 0) is 31.0 Å². The van der Waals surface area contributed by atoms with Gasteiger partial charge in [0.05, 0.1) is 18.3 Å². The van der Waals surface area contributed by atoms with Crippen LogP contribution in [-0.2, 0) is 6.42 Å². The Hall–Kier alpha value is -1.68. The first-order chi connectivity index (χ1) is 7.88. The third kappa shape index (κ3) is 1.42. The number of hydrogen-bond donors (Lipinski definition) is 1. The minimum atomic E-state index is 0.146. The number of aliphatic hydroxyl groups excluding tert-OH is 1. The highest BCUT2D eigenvalue weighted by Gasteiger charge is 2.23. The maximum absolute atomic E-state index is 9.22. The molecular formula is C12H13N3O. The number of rotatable bonds is 2. The lowest BCUT2D eigenvalue weighted by atomic mass is 10.2. The normalized spacial score (nSPS) is 18.7. The van der Waals surface area contributed by atoms with Gasteiger partial charge in [0.2, 0.25) is 0 Å². The van der Waals surface area contributed by atoms with Crippen LogP contribution in [0, 0.1) is 0 Å². The van der Waals surface area contributed by atoms with E-state index in [1.807, 2.05) is 22.9 Å². The van der Waals surface area contributed by atoms with Gasteiger partial charge in [0, 0.05) is 11.9 Å². The van der Waals surface area contributed by atoms with Gasteiger partial charge in [-0.1, -0.05) is 6.07 Å². The molecule has 1 aliphatic heterocycles. The Morgan fingerprint density at radius 2 is 2.31 bits per heavy atom. The molecule has 3 rings (SSSR count). The van der Waals surface area contributed by atoms with Crippen LogP contribution in [0.15, 0.2) is 30.5 Å². The summed E-state index contributed by atoms with van der Waals surface area (Å²) in [5.41, 5.74) is 2.98. The Bertz CT molecular complexity index is 492. The predicted octanol–water partition coefficient (Wildman–Crippen LogP) is 1.42. The molecule has 0 amide bonds. The summed E-state index contributed by atoms with van der Waals surface area (Å²) in [5.74, 6) is 0. The van der Waals surface area contributed by atoms with Crippen molar-refractivity contribution in [3.8, 4) is 11.4 Å². The van der Waals surface area contributed by atoms with Crippen LogP contribution in [0.4, 0.5) is 0 Å². The van der Waals surface area contributed by atoms with Gasteiger partial charge in [0.25, 0.3) is 0 Å². The van der Waals surface area contributed by atoms with E-state index < -0.39 is 0 Å². The van der Waals surface area contributed by atoms with E-state index in [2.05, 4.69) is 16.1 Å². The Morgan fingerprint density at radius 1 is 1.38 bits per heavy atom.